The molecule has 0 bridgehead atoms. The van der Waals surface area contributed by atoms with E-state index in [2.05, 4.69) is 46.0 Å². The van der Waals surface area contributed by atoms with Crippen LogP contribution in [0.5, 0.6) is 0 Å². The van der Waals surface area contributed by atoms with E-state index in [1.807, 2.05) is 0 Å². The van der Waals surface area contributed by atoms with Crippen LogP contribution in [-0.4, -0.2) is 14.8 Å². The zero-order chi connectivity index (χ0) is 11.0. The average Bonchev–Trinajstić information content (AvgIpc) is 2.73. The number of para-hydroxylation sites is 1. The number of aryl methyl sites for hydroxylation is 1. The maximum Gasteiger partial charge on any atom is 0.196 e. The van der Waals surface area contributed by atoms with Gasteiger partial charge in [-0.2, -0.15) is 0 Å². The fraction of sp³-hybridized carbons (Fsp3) is 0.333. The molecule has 1 aromatic heterocycles. The predicted octanol–water partition coefficient (Wildman–Crippen LogP) is 2.83. The van der Waals surface area contributed by atoms with E-state index < -0.39 is 0 Å². The van der Waals surface area contributed by atoms with Crippen molar-refractivity contribution in [2.75, 3.05) is 0 Å². The molecular formula is C12H13N3S. The Hall–Kier alpha value is -1.29. The SMILES string of the molecule is CCCc1nnc2n1-c1ccccc1CS2. The van der Waals surface area contributed by atoms with Crippen LogP contribution in [0.15, 0.2) is 29.4 Å². The molecule has 0 atom stereocenters. The molecule has 2 aromatic rings. The van der Waals surface area contributed by atoms with Crippen LogP contribution in [-0.2, 0) is 12.2 Å². The molecule has 4 heteroatoms. The van der Waals surface area contributed by atoms with Gasteiger partial charge in [0.25, 0.3) is 0 Å². The topological polar surface area (TPSA) is 30.7 Å². The van der Waals surface area contributed by atoms with Crippen LogP contribution >= 0.6 is 11.8 Å². The van der Waals surface area contributed by atoms with Gasteiger partial charge in [-0.1, -0.05) is 36.9 Å². The molecule has 1 aliphatic rings. The summed E-state index contributed by atoms with van der Waals surface area (Å²) in [5, 5.41) is 9.56. The lowest BCUT2D eigenvalue weighted by Crippen LogP contribution is -2.08. The third-order valence-electron chi connectivity index (χ3n) is 2.76. The number of rotatable bonds is 2. The molecule has 0 fully saturated rings. The van der Waals surface area contributed by atoms with Crippen molar-refractivity contribution in [2.24, 2.45) is 0 Å². The summed E-state index contributed by atoms with van der Waals surface area (Å²) in [5.41, 5.74) is 2.63. The van der Waals surface area contributed by atoms with Gasteiger partial charge in [0.2, 0.25) is 0 Å². The number of hydrogen-bond donors (Lipinski definition) is 0. The molecule has 0 saturated heterocycles. The van der Waals surface area contributed by atoms with Gasteiger partial charge in [-0.3, -0.25) is 4.57 Å². The molecule has 0 aliphatic carbocycles. The zero-order valence-corrected chi connectivity index (χ0v) is 10.00. The van der Waals surface area contributed by atoms with E-state index in [4.69, 9.17) is 0 Å². The number of aromatic nitrogens is 3. The Bertz CT molecular complexity index is 519. The van der Waals surface area contributed by atoms with Crippen molar-refractivity contribution in [1.29, 1.82) is 0 Å². The van der Waals surface area contributed by atoms with Gasteiger partial charge in [-0.25, -0.2) is 0 Å². The van der Waals surface area contributed by atoms with Crippen LogP contribution in [0.25, 0.3) is 5.69 Å². The first-order valence-electron chi connectivity index (χ1n) is 5.55. The Kier molecular flexibility index (Phi) is 2.44. The number of hydrogen-bond acceptors (Lipinski definition) is 3. The fourth-order valence-electron chi connectivity index (χ4n) is 2.01. The Morgan fingerprint density at radius 1 is 1.31 bits per heavy atom. The molecule has 0 saturated carbocycles. The highest BCUT2D eigenvalue weighted by atomic mass is 32.2. The Labute approximate surface area is 98.9 Å². The van der Waals surface area contributed by atoms with Crippen molar-refractivity contribution in [3.8, 4) is 5.69 Å². The molecule has 0 radical (unpaired) electrons. The van der Waals surface area contributed by atoms with Crippen LogP contribution in [0.1, 0.15) is 24.7 Å². The largest absolute Gasteiger partial charge is 0.274 e. The van der Waals surface area contributed by atoms with Crippen LogP contribution in [0.3, 0.4) is 0 Å². The highest BCUT2D eigenvalue weighted by Crippen LogP contribution is 2.33. The molecule has 1 aliphatic heterocycles. The van der Waals surface area contributed by atoms with Gasteiger partial charge in [0.15, 0.2) is 5.16 Å². The fourth-order valence-corrected chi connectivity index (χ4v) is 2.97. The maximum absolute atomic E-state index is 4.28. The van der Waals surface area contributed by atoms with Crippen molar-refractivity contribution in [3.63, 3.8) is 0 Å². The first-order chi connectivity index (χ1) is 7.90. The van der Waals surface area contributed by atoms with E-state index in [9.17, 15) is 0 Å². The Morgan fingerprint density at radius 3 is 3.06 bits per heavy atom. The van der Waals surface area contributed by atoms with Gasteiger partial charge < -0.3 is 0 Å². The summed E-state index contributed by atoms with van der Waals surface area (Å²) in [6, 6.07) is 8.50. The monoisotopic (exact) mass is 231 g/mol. The van der Waals surface area contributed by atoms with Gasteiger partial charge in [-0.05, 0) is 18.1 Å². The van der Waals surface area contributed by atoms with Gasteiger partial charge in [0.05, 0.1) is 5.69 Å². The summed E-state index contributed by atoms with van der Waals surface area (Å²) in [5.74, 6) is 2.08. The first-order valence-corrected chi connectivity index (χ1v) is 6.54. The number of benzene rings is 1. The van der Waals surface area contributed by atoms with Crippen molar-refractivity contribution < 1.29 is 0 Å². The van der Waals surface area contributed by atoms with E-state index in [1.54, 1.807) is 11.8 Å². The van der Waals surface area contributed by atoms with E-state index in [-0.39, 0.29) is 0 Å². The van der Waals surface area contributed by atoms with Gasteiger partial charge in [0.1, 0.15) is 5.82 Å². The van der Waals surface area contributed by atoms with E-state index in [1.165, 1.54) is 11.3 Å². The summed E-state index contributed by atoms with van der Waals surface area (Å²) in [6.45, 7) is 2.17. The summed E-state index contributed by atoms with van der Waals surface area (Å²) < 4.78 is 2.20. The molecule has 0 spiro atoms. The summed E-state index contributed by atoms with van der Waals surface area (Å²) in [4.78, 5) is 0. The minimum Gasteiger partial charge on any atom is -0.274 e. The van der Waals surface area contributed by atoms with Gasteiger partial charge >= 0.3 is 0 Å². The lowest BCUT2D eigenvalue weighted by molar-refractivity contribution is 0.775. The van der Waals surface area contributed by atoms with Gasteiger partial charge in [-0.15, -0.1) is 10.2 Å². The summed E-state index contributed by atoms with van der Waals surface area (Å²) >= 11 is 1.77. The standard InChI is InChI=1S/C12H13N3S/c1-2-5-11-13-14-12-15(11)10-7-4-3-6-9(10)8-16-12/h3-4,6-7H,2,5,8H2,1H3. The smallest absolute Gasteiger partial charge is 0.196 e. The van der Waals surface area contributed by atoms with Crippen LogP contribution in [0.4, 0.5) is 0 Å². The Morgan fingerprint density at radius 2 is 2.19 bits per heavy atom. The molecule has 0 unspecified atom stereocenters. The predicted molar refractivity (Wildman–Crippen MR) is 64.9 cm³/mol. The summed E-state index contributed by atoms with van der Waals surface area (Å²) in [7, 11) is 0. The number of nitrogens with zero attached hydrogens (tertiary/aromatic N) is 3. The van der Waals surface area contributed by atoms with E-state index >= 15 is 0 Å². The first kappa shape index (κ1) is 9.90. The second-order valence-corrected chi connectivity index (χ2v) is 4.84. The molecular weight excluding hydrogens is 218 g/mol. The Balaban J connectivity index is 2.17. The van der Waals surface area contributed by atoms with Crippen molar-refractivity contribution >= 4 is 11.8 Å². The van der Waals surface area contributed by atoms with Crippen LogP contribution < -0.4 is 0 Å². The van der Waals surface area contributed by atoms with Crippen LogP contribution in [0, 0.1) is 0 Å². The average molecular weight is 231 g/mol. The molecule has 1 aromatic carbocycles. The molecule has 3 rings (SSSR count). The molecule has 3 nitrogen and oxygen atoms in total. The maximum atomic E-state index is 4.28. The zero-order valence-electron chi connectivity index (χ0n) is 9.18. The molecule has 82 valence electrons. The van der Waals surface area contributed by atoms with Crippen molar-refractivity contribution in [2.45, 2.75) is 30.7 Å². The van der Waals surface area contributed by atoms with Crippen molar-refractivity contribution in [3.05, 3.63) is 35.7 Å². The lowest BCUT2D eigenvalue weighted by atomic mass is 10.2. The third kappa shape index (κ3) is 1.45. The highest BCUT2D eigenvalue weighted by molar-refractivity contribution is 7.98. The normalized spacial score (nSPS) is 13.3. The minimum absolute atomic E-state index is 0.988. The molecule has 0 N–H and O–H groups in total. The second-order valence-electron chi connectivity index (χ2n) is 3.90. The minimum atomic E-state index is 0.988. The number of fused-ring (bicyclic) bond motifs is 3. The molecule has 16 heavy (non-hydrogen) atoms. The summed E-state index contributed by atoms with van der Waals surface area (Å²) in [6.07, 6.45) is 2.09. The van der Waals surface area contributed by atoms with E-state index in [0.717, 1.165) is 29.6 Å². The second kappa shape index (κ2) is 3.94. The quantitative estimate of drug-likeness (QED) is 0.796. The highest BCUT2D eigenvalue weighted by Gasteiger charge is 2.20. The molecule has 0 amide bonds. The molecule has 2 heterocycles. The van der Waals surface area contributed by atoms with Gasteiger partial charge in [0, 0.05) is 12.2 Å². The third-order valence-corrected chi connectivity index (χ3v) is 3.74. The van der Waals surface area contributed by atoms with Crippen molar-refractivity contribution in [1.82, 2.24) is 14.8 Å². The van der Waals surface area contributed by atoms with Crippen LogP contribution in [0.2, 0.25) is 0 Å². The van der Waals surface area contributed by atoms with E-state index in [0.29, 0.717) is 0 Å². The number of thioether (sulfide) groups is 1. The lowest BCUT2D eigenvalue weighted by Gasteiger charge is -2.18.